The summed E-state index contributed by atoms with van der Waals surface area (Å²) < 4.78 is 2.04. The van der Waals surface area contributed by atoms with E-state index in [1.54, 1.807) is 47.5 Å². The molecule has 3 N–H and O–H groups in total. The Bertz CT molecular complexity index is 1460. The summed E-state index contributed by atoms with van der Waals surface area (Å²) in [5, 5.41) is 5.57. The number of anilines is 2. The lowest BCUT2D eigenvalue weighted by Crippen LogP contribution is -2.39. The van der Waals surface area contributed by atoms with Gasteiger partial charge >= 0.3 is 0 Å². The van der Waals surface area contributed by atoms with Gasteiger partial charge in [-0.25, -0.2) is 4.98 Å². The molecule has 9 nitrogen and oxygen atoms in total. The number of aromatic amines is 1. The SMILES string of the molecule is C=CC(=O)Nc1cccc(NC(=O)c2nc(Cc3ccccc3)n3c2CN(C(=O)c2ccc[nH]2)CC3)c1. The van der Waals surface area contributed by atoms with Crippen molar-refractivity contribution in [1.29, 1.82) is 0 Å². The molecule has 1 aliphatic rings. The molecule has 0 atom stereocenters. The predicted octanol–water partition coefficient (Wildman–Crippen LogP) is 3.83. The van der Waals surface area contributed by atoms with Gasteiger partial charge in [-0.15, -0.1) is 0 Å². The van der Waals surface area contributed by atoms with Crippen LogP contribution in [0.15, 0.2) is 85.6 Å². The first-order chi connectivity index (χ1) is 18.0. The zero-order chi connectivity index (χ0) is 25.8. The van der Waals surface area contributed by atoms with Crippen molar-refractivity contribution in [3.8, 4) is 0 Å². The van der Waals surface area contributed by atoms with Crippen LogP contribution in [0.25, 0.3) is 0 Å². The maximum atomic E-state index is 13.4. The van der Waals surface area contributed by atoms with Crippen LogP contribution in [0.4, 0.5) is 11.4 Å². The van der Waals surface area contributed by atoms with E-state index in [0.717, 1.165) is 11.4 Å². The number of carbonyl (C=O) groups excluding carboxylic acids is 3. The topological polar surface area (TPSA) is 112 Å². The summed E-state index contributed by atoms with van der Waals surface area (Å²) >= 11 is 0. The van der Waals surface area contributed by atoms with E-state index in [9.17, 15) is 14.4 Å². The highest BCUT2D eigenvalue weighted by Crippen LogP contribution is 2.24. The Kier molecular flexibility index (Phi) is 6.67. The fourth-order valence-electron chi connectivity index (χ4n) is 4.40. The molecule has 186 valence electrons. The van der Waals surface area contributed by atoms with E-state index in [-0.39, 0.29) is 30.0 Å². The number of H-pyrrole nitrogens is 1. The van der Waals surface area contributed by atoms with E-state index < -0.39 is 0 Å². The largest absolute Gasteiger partial charge is 0.357 e. The molecule has 2 aromatic heterocycles. The first-order valence-corrected chi connectivity index (χ1v) is 11.9. The van der Waals surface area contributed by atoms with Gasteiger partial charge in [0.15, 0.2) is 5.69 Å². The molecular weight excluding hydrogens is 468 g/mol. The average molecular weight is 495 g/mol. The Labute approximate surface area is 213 Å². The predicted molar refractivity (Wildman–Crippen MR) is 140 cm³/mol. The lowest BCUT2D eigenvalue weighted by Gasteiger charge is -2.29. The van der Waals surface area contributed by atoms with Gasteiger partial charge in [-0.2, -0.15) is 0 Å². The molecular formula is C28H26N6O3. The van der Waals surface area contributed by atoms with E-state index in [1.807, 2.05) is 34.9 Å². The molecule has 0 radical (unpaired) electrons. The highest BCUT2D eigenvalue weighted by molar-refractivity contribution is 6.05. The van der Waals surface area contributed by atoms with Crippen molar-refractivity contribution in [1.82, 2.24) is 19.4 Å². The standard InChI is InChI=1S/C28H26N6O3/c1-2-25(35)30-20-10-6-11-21(17-20)31-27(36)26-23-18-33(28(37)22-12-7-13-29-22)14-15-34(23)24(32-26)16-19-8-4-3-5-9-19/h2-13,17,29H,1,14-16,18H2,(H,30,35)(H,31,36). The fourth-order valence-corrected chi connectivity index (χ4v) is 4.40. The molecule has 2 aromatic carbocycles. The van der Waals surface area contributed by atoms with Gasteiger partial charge in [-0.3, -0.25) is 14.4 Å². The molecule has 9 heteroatoms. The first kappa shape index (κ1) is 23.8. The summed E-state index contributed by atoms with van der Waals surface area (Å²) in [5.74, 6) is -0.0853. The molecule has 3 heterocycles. The highest BCUT2D eigenvalue weighted by atomic mass is 16.2. The number of aromatic nitrogens is 3. The average Bonchev–Trinajstić information content (AvgIpc) is 3.58. The van der Waals surface area contributed by atoms with Crippen LogP contribution in [-0.2, 0) is 24.3 Å². The number of fused-ring (bicyclic) bond motifs is 1. The van der Waals surface area contributed by atoms with Crippen LogP contribution in [-0.4, -0.2) is 43.7 Å². The summed E-state index contributed by atoms with van der Waals surface area (Å²) in [4.78, 5) is 47.5. The third-order valence-corrected chi connectivity index (χ3v) is 6.19. The zero-order valence-electron chi connectivity index (χ0n) is 20.1. The number of hydrogen-bond acceptors (Lipinski definition) is 4. The van der Waals surface area contributed by atoms with Gasteiger partial charge in [0.25, 0.3) is 11.8 Å². The lowest BCUT2D eigenvalue weighted by molar-refractivity contribution is -0.111. The first-order valence-electron chi connectivity index (χ1n) is 11.9. The summed E-state index contributed by atoms with van der Waals surface area (Å²) in [5.41, 5.74) is 3.58. The monoisotopic (exact) mass is 494 g/mol. The Hall–Kier alpha value is -4.92. The number of carbonyl (C=O) groups is 3. The van der Waals surface area contributed by atoms with Crippen molar-refractivity contribution in [2.24, 2.45) is 0 Å². The molecule has 0 saturated carbocycles. The van der Waals surface area contributed by atoms with E-state index in [4.69, 9.17) is 4.98 Å². The quantitative estimate of drug-likeness (QED) is 0.339. The van der Waals surface area contributed by atoms with E-state index in [2.05, 4.69) is 22.2 Å². The van der Waals surface area contributed by atoms with Crippen LogP contribution in [0.3, 0.4) is 0 Å². The Morgan fingerprint density at radius 1 is 0.973 bits per heavy atom. The fraction of sp³-hybridized carbons (Fsp3) is 0.143. The smallest absolute Gasteiger partial charge is 0.276 e. The van der Waals surface area contributed by atoms with Crippen LogP contribution >= 0.6 is 0 Å². The van der Waals surface area contributed by atoms with Crippen molar-refractivity contribution in [3.05, 3.63) is 114 Å². The lowest BCUT2D eigenvalue weighted by atomic mass is 10.1. The van der Waals surface area contributed by atoms with Crippen molar-refractivity contribution in [2.75, 3.05) is 17.2 Å². The molecule has 0 unspecified atom stereocenters. The normalized spacial score (nSPS) is 12.5. The van der Waals surface area contributed by atoms with Crippen molar-refractivity contribution >= 4 is 29.1 Å². The summed E-state index contributed by atoms with van der Waals surface area (Å²) in [7, 11) is 0. The summed E-state index contributed by atoms with van der Waals surface area (Å²) in [6, 6.07) is 20.3. The van der Waals surface area contributed by atoms with Crippen molar-refractivity contribution in [2.45, 2.75) is 19.5 Å². The Morgan fingerprint density at radius 2 is 1.76 bits per heavy atom. The second kappa shape index (κ2) is 10.4. The molecule has 0 bridgehead atoms. The van der Waals surface area contributed by atoms with Gasteiger partial charge < -0.3 is 25.1 Å². The molecule has 0 aliphatic carbocycles. The van der Waals surface area contributed by atoms with Crippen LogP contribution in [0.5, 0.6) is 0 Å². The van der Waals surface area contributed by atoms with E-state index in [1.165, 1.54) is 6.08 Å². The number of nitrogens with one attached hydrogen (secondary N) is 3. The second-order valence-corrected chi connectivity index (χ2v) is 8.68. The van der Waals surface area contributed by atoms with Gasteiger partial charge in [-0.05, 0) is 42.0 Å². The number of amides is 3. The minimum absolute atomic E-state index is 0.126. The summed E-state index contributed by atoms with van der Waals surface area (Å²) in [6.07, 6.45) is 3.45. The number of rotatable bonds is 7. The third kappa shape index (κ3) is 5.20. The third-order valence-electron chi connectivity index (χ3n) is 6.19. The van der Waals surface area contributed by atoms with Gasteiger partial charge in [0.1, 0.15) is 11.5 Å². The maximum Gasteiger partial charge on any atom is 0.276 e. The number of imidazole rings is 1. The molecule has 0 saturated heterocycles. The maximum absolute atomic E-state index is 13.4. The van der Waals surface area contributed by atoms with Crippen LogP contribution in [0.2, 0.25) is 0 Å². The Balaban J connectivity index is 1.44. The summed E-state index contributed by atoms with van der Waals surface area (Å²) in [6.45, 7) is 4.76. The second-order valence-electron chi connectivity index (χ2n) is 8.68. The van der Waals surface area contributed by atoms with Gasteiger partial charge in [0.05, 0.1) is 12.2 Å². The molecule has 0 spiro atoms. The van der Waals surface area contributed by atoms with Crippen LogP contribution in [0.1, 0.15) is 38.1 Å². The van der Waals surface area contributed by atoms with Gasteiger partial charge in [0, 0.05) is 37.1 Å². The molecule has 0 fully saturated rings. The van der Waals surface area contributed by atoms with Gasteiger partial charge in [-0.1, -0.05) is 43.0 Å². The van der Waals surface area contributed by atoms with Gasteiger partial charge in [0.2, 0.25) is 5.91 Å². The Morgan fingerprint density at radius 3 is 2.49 bits per heavy atom. The highest BCUT2D eigenvalue weighted by Gasteiger charge is 2.30. The zero-order valence-corrected chi connectivity index (χ0v) is 20.1. The van der Waals surface area contributed by atoms with E-state index >= 15 is 0 Å². The number of nitrogens with zero attached hydrogens (tertiary/aromatic N) is 3. The molecule has 3 amide bonds. The minimum atomic E-state index is -0.385. The van der Waals surface area contributed by atoms with Crippen molar-refractivity contribution in [3.63, 3.8) is 0 Å². The molecule has 37 heavy (non-hydrogen) atoms. The van der Waals surface area contributed by atoms with Crippen LogP contribution in [0, 0.1) is 0 Å². The van der Waals surface area contributed by atoms with Crippen LogP contribution < -0.4 is 10.6 Å². The molecule has 5 rings (SSSR count). The minimum Gasteiger partial charge on any atom is -0.357 e. The van der Waals surface area contributed by atoms with Crippen molar-refractivity contribution < 1.29 is 14.4 Å². The molecule has 1 aliphatic heterocycles. The number of benzene rings is 2. The number of hydrogen-bond donors (Lipinski definition) is 3. The van der Waals surface area contributed by atoms with E-state index in [0.29, 0.717) is 42.3 Å². The molecule has 4 aromatic rings.